The average molecular weight is 461 g/mol. The Morgan fingerprint density at radius 1 is 1.24 bits per heavy atom. The monoisotopic (exact) mass is 460 g/mol. The van der Waals surface area contributed by atoms with Crippen molar-refractivity contribution in [2.45, 2.75) is 50.7 Å². The summed E-state index contributed by atoms with van der Waals surface area (Å²) in [7, 11) is 0. The number of nitrogens with two attached hydrogens (primary N) is 1. The molecular weight excluding hydrogens is 428 g/mol. The Morgan fingerprint density at radius 3 is 2.79 bits per heavy atom. The van der Waals surface area contributed by atoms with Gasteiger partial charge in [-0.3, -0.25) is 19.2 Å². The third-order valence-corrected chi connectivity index (χ3v) is 5.89. The largest absolute Gasteiger partial charge is 0.491 e. The van der Waals surface area contributed by atoms with Gasteiger partial charge in [0.15, 0.2) is 5.60 Å². The summed E-state index contributed by atoms with van der Waals surface area (Å²) in [4.78, 5) is 50.7. The van der Waals surface area contributed by atoms with Crippen LogP contribution in [0, 0.1) is 0 Å². The lowest BCUT2D eigenvalue weighted by molar-refractivity contribution is -0.169. The molecule has 33 heavy (non-hydrogen) atoms. The maximum atomic E-state index is 13.2. The number of fused-ring (bicyclic) bond motifs is 1. The summed E-state index contributed by atoms with van der Waals surface area (Å²) in [6.07, 6.45) is 2.46. The molecule has 1 saturated heterocycles. The van der Waals surface area contributed by atoms with Crippen molar-refractivity contribution in [3.05, 3.63) is 29.8 Å². The van der Waals surface area contributed by atoms with Crippen molar-refractivity contribution in [1.29, 1.82) is 0 Å². The van der Waals surface area contributed by atoms with E-state index >= 15 is 0 Å². The zero-order valence-corrected chi connectivity index (χ0v) is 18.9. The molecule has 1 aromatic carbocycles. The molecule has 4 amide bonds. The summed E-state index contributed by atoms with van der Waals surface area (Å²) in [5, 5.41) is 5.36. The fourth-order valence-corrected chi connectivity index (χ4v) is 4.31. The van der Waals surface area contributed by atoms with Crippen LogP contribution in [-0.2, 0) is 30.3 Å². The van der Waals surface area contributed by atoms with Crippen LogP contribution in [0.25, 0.3) is 0 Å². The Bertz CT molecular complexity index is 875. The van der Waals surface area contributed by atoms with E-state index in [1.165, 1.54) is 11.8 Å². The predicted octanol–water partition coefficient (Wildman–Crippen LogP) is -0.114. The van der Waals surface area contributed by atoms with E-state index in [1.807, 2.05) is 24.3 Å². The van der Waals surface area contributed by atoms with Gasteiger partial charge in [-0.05, 0) is 37.3 Å². The SMILES string of the molecule is CC(=O)N[C@H](CC(N)=O)C(=O)N1CCOC2(CCCCc3ccccc3OCCNC2=O)C1. The van der Waals surface area contributed by atoms with Gasteiger partial charge in [0.05, 0.1) is 26.1 Å². The lowest BCUT2D eigenvalue weighted by atomic mass is 9.91. The number of para-hydroxylation sites is 1. The zero-order chi connectivity index (χ0) is 23.8. The van der Waals surface area contributed by atoms with Gasteiger partial charge in [0.2, 0.25) is 17.7 Å². The molecule has 2 heterocycles. The maximum Gasteiger partial charge on any atom is 0.254 e. The highest BCUT2D eigenvalue weighted by atomic mass is 16.5. The molecule has 4 N–H and O–H groups in total. The van der Waals surface area contributed by atoms with Gasteiger partial charge in [-0.25, -0.2) is 0 Å². The first kappa shape index (κ1) is 24.5. The minimum Gasteiger partial charge on any atom is -0.491 e. The van der Waals surface area contributed by atoms with Crippen molar-refractivity contribution in [2.75, 3.05) is 32.8 Å². The van der Waals surface area contributed by atoms with Gasteiger partial charge in [0, 0.05) is 13.5 Å². The first-order valence-electron chi connectivity index (χ1n) is 11.3. The van der Waals surface area contributed by atoms with Gasteiger partial charge >= 0.3 is 0 Å². The Labute approximate surface area is 193 Å². The third kappa shape index (κ3) is 6.44. The molecule has 2 atom stereocenters. The summed E-state index contributed by atoms with van der Waals surface area (Å²) in [6, 6.07) is 6.78. The molecule has 2 aliphatic heterocycles. The van der Waals surface area contributed by atoms with Crippen molar-refractivity contribution in [2.24, 2.45) is 5.73 Å². The van der Waals surface area contributed by atoms with Gasteiger partial charge < -0.3 is 30.7 Å². The maximum absolute atomic E-state index is 13.2. The van der Waals surface area contributed by atoms with Gasteiger partial charge in [0.25, 0.3) is 5.91 Å². The second-order valence-electron chi connectivity index (χ2n) is 8.45. The lowest BCUT2D eigenvalue weighted by Crippen LogP contribution is -2.63. The van der Waals surface area contributed by atoms with Crippen LogP contribution in [0.5, 0.6) is 5.75 Å². The van der Waals surface area contributed by atoms with Crippen molar-refractivity contribution >= 4 is 23.6 Å². The van der Waals surface area contributed by atoms with Crippen LogP contribution in [-0.4, -0.2) is 73.0 Å². The van der Waals surface area contributed by atoms with Crippen LogP contribution < -0.4 is 21.1 Å². The molecular formula is C23H32N4O6. The molecule has 10 nitrogen and oxygen atoms in total. The molecule has 1 fully saturated rings. The number of amides is 4. The number of aryl methyl sites for hydroxylation is 1. The van der Waals surface area contributed by atoms with Crippen molar-refractivity contribution < 1.29 is 28.7 Å². The van der Waals surface area contributed by atoms with Crippen LogP contribution in [0.4, 0.5) is 0 Å². The predicted molar refractivity (Wildman–Crippen MR) is 119 cm³/mol. The first-order valence-corrected chi connectivity index (χ1v) is 11.3. The number of morpholine rings is 1. The summed E-state index contributed by atoms with van der Waals surface area (Å²) >= 11 is 0. The molecule has 2 aliphatic rings. The van der Waals surface area contributed by atoms with Crippen LogP contribution >= 0.6 is 0 Å². The molecule has 0 radical (unpaired) electrons. The Balaban J connectivity index is 1.74. The molecule has 1 aromatic rings. The first-order chi connectivity index (χ1) is 15.8. The van der Waals surface area contributed by atoms with Gasteiger partial charge in [-0.2, -0.15) is 0 Å². The summed E-state index contributed by atoms with van der Waals surface area (Å²) in [6.45, 7) is 2.32. The quantitative estimate of drug-likeness (QED) is 0.573. The van der Waals surface area contributed by atoms with E-state index in [-0.39, 0.29) is 32.0 Å². The molecule has 0 saturated carbocycles. The van der Waals surface area contributed by atoms with E-state index < -0.39 is 29.4 Å². The van der Waals surface area contributed by atoms with E-state index in [2.05, 4.69) is 10.6 Å². The lowest BCUT2D eigenvalue weighted by Gasteiger charge is -2.42. The van der Waals surface area contributed by atoms with Crippen LogP contribution in [0.3, 0.4) is 0 Å². The average Bonchev–Trinajstić information content (AvgIpc) is 2.78. The second-order valence-corrected chi connectivity index (χ2v) is 8.45. The van der Waals surface area contributed by atoms with E-state index in [0.717, 1.165) is 24.2 Å². The smallest absolute Gasteiger partial charge is 0.254 e. The number of primary amides is 1. The minimum atomic E-state index is -1.21. The standard InChI is InChI=1S/C23H32N4O6/c1-16(28)26-18(14-20(24)29)21(30)27-11-13-33-23(15-27)9-5-4-7-17-6-2-3-8-19(17)32-12-10-25-22(23)31/h2-3,6,8,18H,4-5,7,9-15H2,1H3,(H2,24,29)(H,25,31)(H,26,28)/t18-,23?/m1/s1. The van der Waals surface area contributed by atoms with Gasteiger partial charge in [-0.1, -0.05) is 18.2 Å². The fourth-order valence-electron chi connectivity index (χ4n) is 4.31. The normalized spacial score (nSPS) is 22.6. The summed E-state index contributed by atoms with van der Waals surface area (Å²) < 4.78 is 11.8. The van der Waals surface area contributed by atoms with Gasteiger partial charge in [-0.15, -0.1) is 0 Å². The van der Waals surface area contributed by atoms with Crippen LogP contribution in [0.2, 0.25) is 0 Å². The van der Waals surface area contributed by atoms with E-state index in [4.69, 9.17) is 15.2 Å². The fraction of sp³-hybridized carbons (Fsp3) is 0.565. The Morgan fingerprint density at radius 2 is 2.03 bits per heavy atom. The number of carbonyl (C=O) groups is 4. The number of carbonyl (C=O) groups excluding carboxylic acids is 4. The van der Waals surface area contributed by atoms with E-state index in [1.54, 1.807) is 0 Å². The van der Waals surface area contributed by atoms with Crippen LogP contribution in [0.1, 0.15) is 38.2 Å². The molecule has 0 aliphatic carbocycles. The van der Waals surface area contributed by atoms with Crippen LogP contribution in [0.15, 0.2) is 24.3 Å². The number of hydrogen-bond donors (Lipinski definition) is 3. The zero-order valence-electron chi connectivity index (χ0n) is 18.9. The number of rotatable bonds is 4. The summed E-state index contributed by atoms with van der Waals surface area (Å²) in [5.41, 5.74) is 5.17. The Hall–Kier alpha value is -3.14. The van der Waals surface area contributed by atoms with Crippen molar-refractivity contribution in [1.82, 2.24) is 15.5 Å². The van der Waals surface area contributed by atoms with Crippen molar-refractivity contribution in [3.8, 4) is 5.75 Å². The van der Waals surface area contributed by atoms with Crippen molar-refractivity contribution in [3.63, 3.8) is 0 Å². The second kappa shape index (κ2) is 11.1. The third-order valence-electron chi connectivity index (χ3n) is 5.89. The number of hydrogen-bond acceptors (Lipinski definition) is 6. The molecule has 180 valence electrons. The molecule has 0 bridgehead atoms. The Kier molecular flexibility index (Phi) is 8.26. The molecule has 0 aromatic heterocycles. The molecule has 1 spiro atoms. The molecule has 3 rings (SSSR count). The number of benzene rings is 1. The number of ether oxygens (including phenoxy) is 2. The van der Waals surface area contributed by atoms with Gasteiger partial charge in [0.1, 0.15) is 18.4 Å². The highest BCUT2D eigenvalue weighted by Crippen LogP contribution is 2.28. The number of nitrogens with one attached hydrogen (secondary N) is 2. The number of nitrogens with zero attached hydrogens (tertiary/aromatic N) is 1. The van der Waals surface area contributed by atoms with E-state index in [0.29, 0.717) is 26.0 Å². The topological polar surface area (TPSA) is 140 Å². The highest BCUT2D eigenvalue weighted by molar-refractivity contribution is 5.92. The molecule has 10 heteroatoms. The summed E-state index contributed by atoms with van der Waals surface area (Å²) in [5.74, 6) is -1.08. The molecule has 1 unspecified atom stereocenters. The highest BCUT2D eigenvalue weighted by Gasteiger charge is 2.45. The minimum absolute atomic E-state index is 0.0317. The van der Waals surface area contributed by atoms with E-state index in [9.17, 15) is 19.2 Å².